The molecule has 3 aromatic rings. The average molecular weight is 349 g/mol. The Balaban J connectivity index is 1.71. The number of aromatic amines is 1. The Hall–Kier alpha value is -2.08. The van der Waals surface area contributed by atoms with Gasteiger partial charge in [0.25, 0.3) is 0 Å². The van der Waals surface area contributed by atoms with E-state index in [1.54, 1.807) is 0 Å². The standard InChI is InChI=1S/C21H24BNO3/c1-20(2)21(3,4)26-22(25-20)15(13-24)11-14-9-10-17-16-7-5-6-8-18(16)23-19(17)12-14/h5-12,23-24H,13H2,1-4H3. The maximum Gasteiger partial charge on any atom is 0.492 e. The normalized spacial score (nSPS) is 19.6. The van der Waals surface area contributed by atoms with Gasteiger partial charge in [-0.05, 0) is 50.9 Å². The van der Waals surface area contributed by atoms with Crippen molar-refractivity contribution in [3.05, 3.63) is 53.5 Å². The van der Waals surface area contributed by atoms with Crippen molar-refractivity contribution in [2.24, 2.45) is 0 Å². The number of fused-ring (bicyclic) bond motifs is 3. The van der Waals surface area contributed by atoms with E-state index >= 15 is 0 Å². The maximum absolute atomic E-state index is 9.88. The minimum atomic E-state index is -0.539. The third kappa shape index (κ3) is 2.76. The van der Waals surface area contributed by atoms with Gasteiger partial charge in [-0.1, -0.05) is 36.4 Å². The zero-order chi connectivity index (χ0) is 18.5. The van der Waals surface area contributed by atoms with E-state index in [0.29, 0.717) is 0 Å². The van der Waals surface area contributed by atoms with Crippen LogP contribution < -0.4 is 0 Å². The Morgan fingerprint density at radius 2 is 1.65 bits per heavy atom. The van der Waals surface area contributed by atoms with Crippen LogP contribution in [-0.2, 0) is 9.31 Å². The molecule has 1 fully saturated rings. The summed E-state index contributed by atoms with van der Waals surface area (Å²) in [5.41, 5.74) is 3.07. The van der Waals surface area contributed by atoms with Crippen LogP contribution in [0.4, 0.5) is 0 Å². The summed E-state index contributed by atoms with van der Waals surface area (Å²) in [4.78, 5) is 3.45. The molecular weight excluding hydrogens is 325 g/mol. The van der Waals surface area contributed by atoms with Crippen LogP contribution in [-0.4, -0.2) is 35.0 Å². The predicted octanol–water partition coefficient (Wildman–Crippen LogP) is 4.33. The monoisotopic (exact) mass is 349 g/mol. The molecule has 0 amide bonds. The molecule has 0 aliphatic carbocycles. The fraction of sp³-hybridized carbons (Fsp3) is 0.333. The Morgan fingerprint density at radius 3 is 2.35 bits per heavy atom. The molecule has 2 aromatic carbocycles. The van der Waals surface area contributed by atoms with Gasteiger partial charge in [0, 0.05) is 21.8 Å². The molecule has 26 heavy (non-hydrogen) atoms. The Bertz CT molecular complexity index is 987. The van der Waals surface area contributed by atoms with Crippen molar-refractivity contribution in [3.63, 3.8) is 0 Å². The zero-order valence-electron chi connectivity index (χ0n) is 15.7. The average Bonchev–Trinajstić information content (AvgIpc) is 3.06. The number of rotatable bonds is 3. The molecule has 0 spiro atoms. The van der Waals surface area contributed by atoms with Gasteiger partial charge in [-0.25, -0.2) is 0 Å². The number of hydrogen-bond donors (Lipinski definition) is 2. The van der Waals surface area contributed by atoms with Crippen molar-refractivity contribution < 1.29 is 14.4 Å². The molecular formula is C21H24BNO3. The lowest BCUT2D eigenvalue weighted by Gasteiger charge is -2.32. The number of aromatic nitrogens is 1. The number of para-hydroxylation sites is 1. The lowest BCUT2D eigenvalue weighted by atomic mass is 9.77. The van der Waals surface area contributed by atoms with E-state index in [2.05, 4.69) is 35.3 Å². The molecule has 0 bridgehead atoms. The molecule has 1 aliphatic heterocycles. The van der Waals surface area contributed by atoms with Gasteiger partial charge in [0.05, 0.1) is 17.8 Å². The molecule has 1 aromatic heterocycles. The van der Waals surface area contributed by atoms with Crippen LogP contribution in [0.15, 0.2) is 47.9 Å². The topological polar surface area (TPSA) is 54.5 Å². The maximum atomic E-state index is 9.88. The molecule has 0 saturated carbocycles. The molecule has 1 saturated heterocycles. The highest BCUT2D eigenvalue weighted by Crippen LogP contribution is 2.38. The fourth-order valence-electron chi connectivity index (χ4n) is 3.36. The van der Waals surface area contributed by atoms with Gasteiger partial charge >= 0.3 is 7.12 Å². The third-order valence-electron chi connectivity index (χ3n) is 5.62. The first-order chi connectivity index (χ1) is 12.3. The molecule has 2 heterocycles. The number of aliphatic hydroxyl groups is 1. The van der Waals surface area contributed by atoms with Crippen LogP contribution in [0.2, 0.25) is 0 Å². The van der Waals surface area contributed by atoms with Crippen molar-refractivity contribution in [3.8, 4) is 0 Å². The molecule has 0 unspecified atom stereocenters. The Labute approximate surface area is 154 Å². The summed E-state index contributed by atoms with van der Waals surface area (Å²) in [6.07, 6.45) is 1.95. The van der Waals surface area contributed by atoms with Crippen LogP contribution in [0.25, 0.3) is 27.9 Å². The van der Waals surface area contributed by atoms with Crippen molar-refractivity contribution in [2.75, 3.05) is 6.61 Å². The summed E-state index contributed by atoms with van der Waals surface area (Å²) in [6, 6.07) is 14.5. The van der Waals surface area contributed by atoms with E-state index in [4.69, 9.17) is 9.31 Å². The summed E-state index contributed by atoms with van der Waals surface area (Å²) in [6.45, 7) is 7.94. The quantitative estimate of drug-likeness (QED) is 0.692. The largest absolute Gasteiger partial charge is 0.492 e. The fourth-order valence-corrected chi connectivity index (χ4v) is 3.36. The minimum absolute atomic E-state index is 0.110. The SMILES string of the molecule is CC1(C)OB(C(=Cc2ccc3c(c2)[nH]c2ccccc23)CO)OC1(C)C. The molecule has 4 rings (SSSR count). The summed E-state index contributed by atoms with van der Waals surface area (Å²) >= 11 is 0. The first-order valence-electron chi connectivity index (χ1n) is 8.98. The Morgan fingerprint density at radius 1 is 1.00 bits per heavy atom. The van der Waals surface area contributed by atoms with Crippen molar-refractivity contribution in [2.45, 2.75) is 38.9 Å². The van der Waals surface area contributed by atoms with Crippen molar-refractivity contribution in [1.29, 1.82) is 0 Å². The van der Waals surface area contributed by atoms with Crippen LogP contribution in [0, 0.1) is 0 Å². The van der Waals surface area contributed by atoms with Crippen LogP contribution in [0.1, 0.15) is 33.3 Å². The van der Waals surface area contributed by atoms with E-state index in [0.717, 1.165) is 22.1 Å². The van der Waals surface area contributed by atoms with Crippen LogP contribution in [0.3, 0.4) is 0 Å². The number of benzene rings is 2. The Kier molecular flexibility index (Phi) is 3.99. The summed E-state index contributed by atoms with van der Waals surface area (Å²) < 4.78 is 12.1. The number of H-pyrrole nitrogens is 1. The van der Waals surface area contributed by atoms with E-state index in [1.807, 2.05) is 45.9 Å². The second kappa shape index (κ2) is 5.98. The van der Waals surface area contributed by atoms with Gasteiger partial charge in [-0.2, -0.15) is 0 Å². The van der Waals surface area contributed by atoms with Gasteiger partial charge in [-0.15, -0.1) is 0 Å². The van der Waals surface area contributed by atoms with E-state index in [9.17, 15) is 5.11 Å². The summed E-state index contributed by atoms with van der Waals surface area (Å²) in [7, 11) is -0.539. The molecule has 0 atom stereocenters. The smallest absolute Gasteiger partial charge is 0.400 e. The molecule has 0 radical (unpaired) electrons. The van der Waals surface area contributed by atoms with Gasteiger partial charge < -0.3 is 19.4 Å². The van der Waals surface area contributed by atoms with Crippen molar-refractivity contribution in [1.82, 2.24) is 4.98 Å². The second-order valence-corrected chi connectivity index (χ2v) is 7.94. The predicted molar refractivity (Wildman–Crippen MR) is 107 cm³/mol. The first-order valence-corrected chi connectivity index (χ1v) is 8.98. The minimum Gasteiger partial charge on any atom is -0.400 e. The zero-order valence-corrected chi connectivity index (χ0v) is 15.7. The number of hydrogen-bond acceptors (Lipinski definition) is 3. The lowest BCUT2D eigenvalue weighted by molar-refractivity contribution is 0.00578. The van der Waals surface area contributed by atoms with Crippen LogP contribution >= 0.6 is 0 Å². The van der Waals surface area contributed by atoms with E-state index in [1.165, 1.54) is 10.8 Å². The van der Waals surface area contributed by atoms with Crippen molar-refractivity contribution >= 4 is 35.0 Å². The van der Waals surface area contributed by atoms with Gasteiger partial charge in [0.2, 0.25) is 0 Å². The highest BCUT2D eigenvalue weighted by atomic mass is 16.7. The number of nitrogens with one attached hydrogen (secondary N) is 1. The lowest BCUT2D eigenvalue weighted by Crippen LogP contribution is -2.41. The summed E-state index contributed by atoms with van der Waals surface area (Å²) in [5.74, 6) is 0. The van der Waals surface area contributed by atoms with Crippen LogP contribution in [0.5, 0.6) is 0 Å². The molecule has 2 N–H and O–H groups in total. The molecule has 5 heteroatoms. The van der Waals surface area contributed by atoms with E-state index < -0.39 is 18.3 Å². The number of aliphatic hydroxyl groups excluding tert-OH is 1. The van der Waals surface area contributed by atoms with Gasteiger partial charge in [0.1, 0.15) is 0 Å². The molecule has 1 aliphatic rings. The third-order valence-corrected chi connectivity index (χ3v) is 5.62. The highest BCUT2D eigenvalue weighted by Gasteiger charge is 2.52. The molecule has 134 valence electrons. The summed E-state index contributed by atoms with van der Waals surface area (Å²) in [5, 5.41) is 12.3. The first kappa shape index (κ1) is 17.3. The highest BCUT2D eigenvalue weighted by molar-refractivity contribution is 6.55. The van der Waals surface area contributed by atoms with Gasteiger partial charge in [0.15, 0.2) is 0 Å². The molecule has 4 nitrogen and oxygen atoms in total. The van der Waals surface area contributed by atoms with Gasteiger partial charge in [-0.3, -0.25) is 0 Å². The second-order valence-electron chi connectivity index (χ2n) is 7.94. The van der Waals surface area contributed by atoms with E-state index in [-0.39, 0.29) is 6.61 Å².